The minimum absolute atomic E-state index is 0.259. The molecule has 0 spiro atoms. The molecule has 0 saturated carbocycles. The molecule has 0 fully saturated rings. The van der Waals surface area contributed by atoms with Gasteiger partial charge in [-0.15, -0.1) is 6.58 Å². The van der Waals surface area contributed by atoms with Crippen molar-refractivity contribution in [3.05, 3.63) is 61.2 Å². The van der Waals surface area contributed by atoms with E-state index in [0.29, 0.717) is 5.56 Å². The molecule has 4 heteroatoms. The molecule has 96 valence electrons. The van der Waals surface area contributed by atoms with Gasteiger partial charge < -0.3 is 10.5 Å². The molecule has 18 heavy (non-hydrogen) atoms. The highest BCUT2D eigenvalue weighted by atomic mass is 16.5. The van der Waals surface area contributed by atoms with Crippen molar-refractivity contribution in [2.24, 2.45) is 5.73 Å². The average Bonchev–Trinajstić information content (AvgIpc) is 2.38. The molecule has 1 rings (SSSR count). The SMILES string of the molecule is C=CCOC(=O)CC=C.NC(=O)c1ccccc1. The van der Waals surface area contributed by atoms with Crippen molar-refractivity contribution >= 4 is 11.9 Å². The van der Waals surface area contributed by atoms with Crippen molar-refractivity contribution < 1.29 is 14.3 Å². The van der Waals surface area contributed by atoms with E-state index in [9.17, 15) is 9.59 Å². The van der Waals surface area contributed by atoms with E-state index in [-0.39, 0.29) is 24.9 Å². The molecule has 2 N–H and O–H groups in total. The molecule has 0 atom stereocenters. The van der Waals surface area contributed by atoms with Gasteiger partial charge in [-0.1, -0.05) is 36.9 Å². The third kappa shape index (κ3) is 7.87. The van der Waals surface area contributed by atoms with Gasteiger partial charge in [-0.25, -0.2) is 0 Å². The van der Waals surface area contributed by atoms with E-state index in [1.807, 2.05) is 6.07 Å². The number of nitrogens with two attached hydrogens (primary N) is 1. The van der Waals surface area contributed by atoms with E-state index in [4.69, 9.17) is 5.73 Å². The minimum atomic E-state index is -0.379. The number of rotatable bonds is 5. The first kappa shape index (κ1) is 15.6. The molecular formula is C14H17NO3. The zero-order valence-electron chi connectivity index (χ0n) is 10.2. The summed E-state index contributed by atoms with van der Waals surface area (Å²) in [4.78, 5) is 20.9. The first-order valence-corrected chi connectivity index (χ1v) is 5.34. The van der Waals surface area contributed by atoms with Crippen LogP contribution in [0.4, 0.5) is 0 Å². The molecule has 0 aliphatic heterocycles. The molecule has 1 aromatic rings. The summed E-state index contributed by atoms with van der Waals surface area (Å²) in [7, 11) is 0. The smallest absolute Gasteiger partial charge is 0.309 e. The Labute approximate surface area is 107 Å². The highest BCUT2D eigenvalue weighted by molar-refractivity contribution is 5.92. The van der Waals surface area contributed by atoms with Gasteiger partial charge in [0.25, 0.3) is 0 Å². The lowest BCUT2D eigenvalue weighted by Gasteiger charge is -1.95. The zero-order valence-corrected chi connectivity index (χ0v) is 10.2. The summed E-state index contributed by atoms with van der Waals surface area (Å²) in [5.74, 6) is -0.638. The molecule has 0 aromatic heterocycles. The molecule has 0 unspecified atom stereocenters. The Morgan fingerprint density at radius 2 is 1.78 bits per heavy atom. The predicted octanol–water partition coefficient (Wildman–Crippen LogP) is 2.08. The van der Waals surface area contributed by atoms with Gasteiger partial charge >= 0.3 is 5.97 Å². The number of primary amides is 1. The van der Waals surface area contributed by atoms with Crippen LogP contribution >= 0.6 is 0 Å². The van der Waals surface area contributed by atoms with Crippen molar-refractivity contribution in [2.75, 3.05) is 6.61 Å². The van der Waals surface area contributed by atoms with Crippen LogP contribution in [-0.2, 0) is 9.53 Å². The van der Waals surface area contributed by atoms with E-state index in [1.165, 1.54) is 12.2 Å². The van der Waals surface area contributed by atoms with E-state index < -0.39 is 0 Å². The Morgan fingerprint density at radius 1 is 1.17 bits per heavy atom. The van der Waals surface area contributed by atoms with Gasteiger partial charge in [-0.2, -0.15) is 0 Å². The third-order valence-electron chi connectivity index (χ3n) is 1.73. The number of hydrogen-bond acceptors (Lipinski definition) is 3. The van der Waals surface area contributed by atoms with Crippen LogP contribution in [0.25, 0.3) is 0 Å². The lowest BCUT2D eigenvalue weighted by atomic mass is 10.2. The number of carbonyl (C=O) groups is 2. The highest BCUT2D eigenvalue weighted by Crippen LogP contribution is 1.94. The van der Waals surface area contributed by atoms with Crippen molar-refractivity contribution in [2.45, 2.75) is 6.42 Å². The summed E-state index contributed by atoms with van der Waals surface area (Å²) in [5, 5.41) is 0. The minimum Gasteiger partial charge on any atom is -0.461 e. The van der Waals surface area contributed by atoms with Gasteiger partial charge in [0.05, 0.1) is 6.42 Å². The van der Waals surface area contributed by atoms with Crippen molar-refractivity contribution in [1.82, 2.24) is 0 Å². The van der Waals surface area contributed by atoms with Gasteiger partial charge in [0.15, 0.2) is 0 Å². The third-order valence-corrected chi connectivity index (χ3v) is 1.73. The first-order chi connectivity index (χ1) is 8.61. The molecule has 1 aromatic carbocycles. The van der Waals surface area contributed by atoms with E-state index >= 15 is 0 Å². The molecule has 0 heterocycles. The molecule has 0 saturated heterocycles. The van der Waals surface area contributed by atoms with Crippen molar-refractivity contribution in [1.29, 1.82) is 0 Å². The summed E-state index contributed by atoms with van der Waals surface area (Å²) in [6.07, 6.45) is 3.31. The van der Waals surface area contributed by atoms with Crippen LogP contribution in [0, 0.1) is 0 Å². The first-order valence-electron chi connectivity index (χ1n) is 5.34. The number of esters is 1. The van der Waals surface area contributed by atoms with Gasteiger partial charge in [-0.3, -0.25) is 9.59 Å². The number of hydrogen-bond donors (Lipinski definition) is 1. The second-order valence-corrected chi connectivity index (χ2v) is 3.19. The fourth-order valence-electron chi connectivity index (χ4n) is 0.931. The number of benzene rings is 1. The lowest BCUT2D eigenvalue weighted by molar-refractivity contribution is -0.141. The van der Waals surface area contributed by atoms with Gasteiger partial charge in [0.2, 0.25) is 5.91 Å². The van der Waals surface area contributed by atoms with Crippen LogP contribution in [0.5, 0.6) is 0 Å². The standard InChI is InChI=1S/C7H7NO.C7H10O2/c8-7(9)6-4-2-1-3-5-6;1-3-5-7(8)9-6-4-2/h1-5H,(H2,8,9);3-4H,1-2,5-6H2. The Bertz CT molecular complexity index is 399. The summed E-state index contributed by atoms with van der Waals surface area (Å²) in [6, 6.07) is 8.76. The lowest BCUT2D eigenvalue weighted by Crippen LogP contribution is -2.09. The van der Waals surface area contributed by atoms with Crippen molar-refractivity contribution in [3.8, 4) is 0 Å². The van der Waals surface area contributed by atoms with Crippen LogP contribution in [-0.4, -0.2) is 18.5 Å². The number of carbonyl (C=O) groups excluding carboxylic acids is 2. The summed E-state index contributed by atoms with van der Waals surface area (Å²) >= 11 is 0. The maximum Gasteiger partial charge on any atom is 0.309 e. The molecule has 0 aliphatic rings. The highest BCUT2D eigenvalue weighted by Gasteiger charge is 1.94. The number of ether oxygens (including phenoxy) is 1. The molecule has 0 radical (unpaired) electrons. The molecule has 0 aliphatic carbocycles. The van der Waals surface area contributed by atoms with Crippen LogP contribution in [0.2, 0.25) is 0 Å². The quantitative estimate of drug-likeness (QED) is 0.639. The average molecular weight is 247 g/mol. The van der Waals surface area contributed by atoms with Gasteiger partial charge in [0.1, 0.15) is 6.61 Å². The summed E-state index contributed by atoms with van der Waals surface area (Å²) in [5.41, 5.74) is 5.53. The zero-order chi connectivity index (χ0) is 13.8. The Hall–Kier alpha value is -2.36. The Kier molecular flexibility index (Phi) is 8.55. The monoisotopic (exact) mass is 247 g/mol. The van der Waals surface area contributed by atoms with Crippen molar-refractivity contribution in [3.63, 3.8) is 0 Å². The maximum absolute atomic E-state index is 10.5. The van der Waals surface area contributed by atoms with Crippen LogP contribution < -0.4 is 5.73 Å². The van der Waals surface area contributed by atoms with E-state index in [1.54, 1.807) is 24.3 Å². The fraction of sp³-hybridized carbons (Fsp3) is 0.143. The van der Waals surface area contributed by atoms with E-state index in [0.717, 1.165) is 0 Å². The van der Waals surface area contributed by atoms with Crippen LogP contribution in [0.1, 0.15) is 16.8 Å². The topological polar surface area (TPSA) is 69.4 Å². The molecule has 1 amide bonds. The predicted molar refractivity (Wildman–Crippen MR) is 70.9 cm³/mol. The molecule has 0 bridgehead atoms. The fourth-order valence-corrected chi connectivity index (χ4v) is 0.931. The normalized spacial score (nSPS) is 8.44. The largest absolute Gasteiger partial charge is 0.461 e. The summed E-state index contributed by atoms with van der Waals surface area (Å²) in [6.45, 7) is 7.06. The Balaban J connectivity index is 0.000000321. The van der Waals surface area contributed by atoms with Gasteiger partial charge in [-0.05, 0) is 12.1 Å². The molecule has 4 nitrogen and oxygen atoms in total. The van der Waals surface area contributed by atoms with Crippen LogP contribution in [0.15, 0.2) is 55.6 Å². The maximum atomic E-state index is 10.5. The summed E-state index contributed by atoms with van der Waals surface area (Å²) < 4.78 is 4.60. The van der Waals surface area contributed by atoms with Gasteiger partial charge in [0, 0.05) is 5.56 Å². The number of amides is 1. The second kappa shape index (κ2) is 9.84. The van der Waals surface area contributed by atoms with Crippen LogP contribution in [0.3, 0.4) is 0 Å². The Morgan fingerprint density at radius 3 is 2.17 bits per heavy atom. The second-order valence-electron chi connectivity index (χ2n) is 3.19. The van der Waals surface area contributed by atoms with E-state index in [2.05, 4.69) is 17.9 Å². The molecular weight excluding hydrogens is 230 g/mol.